The Kier molecular flexibility index (Phi) is 4.60. The predicted molar refractivity (Wildman–Crippen MR) is 64.7 cm³/mol. The number of hydrogen-bond donors (Lipinski definition) is 1. The fourth-order valence-electron chi connectivity index (χ4n) is 1.81. The molecule has 2 nitrogen and oxygen atoms in total. The van der Waals surface area contributed by atoms with Crippen LogP contribution in [-0.4, -0.2) is 47.2 Å². The Labute approximate surface area is 94.4 Å². The molecule has 0 radical (unpaired) electrons. The van der Waals surface area contributed by atoms with Gasteiger partial charge in [-0.1, -0.05) is 12.2 Å². The second-order valence-corrected chi connectivity index (χ2v) is 5.22. The van der Waals surface area contributed by atoms with Crippen LogP contribution < -0.4 is 5.73 Å². The lowest BCUT2D eigenvalue weighted by atomic mass is 9.95. The molecule has 14 heavy (non-hydrogen) atoms. The smallest absolute Gasteiger partial charge is 0.102 e. The highest BCUT2D eigenvalue weighted by molar-refractivity contribution is 8.01. The molecule has 0 aromatic heterocycles. The van der Waals surface area contributed by atoms with Crippen LogP contribution in [0.15, 0.2) is 0 Å². The number of thioether (sulfide) groups is 1. The first-order chi connectivity index (χ1) is 6.64. The second kappa shape index (κ2) is 5.28. The quantitative estimate of drug-likeness (QED) is 0.748. The lowest BCUT2D eigenvalue weighted by molar-refractivity contribution is 0.204. The van der Waals surface area contributed by atoms with Gasteiger partial charge in [-0.3, -0.25) is 0 Å². The van der Waals surface area contributed by atoms with Gasteiger partial charge in [0, 0.05) is 6.54 Å². The third-order valence-corrected chi connectivity index (χ3v) is 4.83. The first kappa shape index (κ1) is 12.2. The maximum Gasteiger partial charge on any atom is 0.102 e. The molecule has 0 bridgehead atoms. The Morgan fingerprint density at radius 1 is 1.57 bits per heavy atom. The monoisotopic (exact) mass is 236 g/mol. The van der Waals surface area contributed by atoms with Gasteiger partial charge in [-0.15, -0.1) is 0 Å². The van der Waals surface area contributed by atoms with E-state index >= 15 is 0 Å². The Morgan fingerprint density at radius 3 is 2.50 bits per heavy atom. The summed E-state index contributed by atoms with van der Waals surface area (Å²) in [5, 5.41) is 0. The number of alkyl halides is 1. The van der Waals surface area contributed by atoms with E-state index in [9.17, 15) is 4.39 Å². The molecular weight excluding hydrogens is 219 g/mol. The van der Waals surface area contributed by atoms with E-state index in [0.29, 0.717) is 11.5 Å². The van der Waals surface area contributed by atoms with E-state index in [-0.39, 0.29) is 11.4 Å². The van der Waals surface area contributed by atoms with Crippen LogP contribution in [0.1, 0.15) is 12.8 Å². The van der Waals surface area contributed by atoms with Crippen molar-refractivity contribution in [3.8, 4) is 0 Å². The van der Waals surface area contributed by atoms with Crippen molar-refractivity contribution < 1.29 is 4.39 Å². The van der Waals surface area contributed by atoms with E-state index < -0.39 is 0 Å². The van der Waals surface area contributed by atoms with Crippen LogP contribution in [0.25, 0.3) is 0 Å². The first-order valence-corrected chi connectivity index (χ1v) is 6.41. The van der Waals surface area contributed by atoms with Gasteiger partial charge in [-0.2, -0.15) is 11.8 Å². The van der Waals surface area contributed by atoms with E-state index in [0.717, 1.165) is 25.9 Å². The summed E-state index contributed by atoms with van der Waals surface area (Å²) in [6.45, 7) is 2.09. The van der Waals surface area contributed by atoms with Crippen LogP contribution in [-0.2, 0) is 0 Å². The average Bonchev–Trinajstić information content (AvgIpc) is 2.19. The van der Waals surface area contributed by atoms with Crippen LogP contribution in [0, 0.1) is 0 Å². The summed E-state index contributed by atoms with van der Waals surface area (Å²) >= 11 is 6.83. The number of rotatable bonds is 4. The molecule has 0 spiro atoms. The Bertz CT molecular complexity index is 203. The van der Waals surface area contributed by atoms with Crippen LogP contribution in [0.4, 0.5) is 4.39 Å². The maximum absolute atomic E-state index is 12.1. The van der Waals surface area contributed by atoms with E-state index in [1.807, 2.05) is 6.26 Å². The number of likely N-dealkylation sites (tertiary alicyclic amines) is 1. The summed E-state index contributed by atoms with van der Waals surface area (Å²) < 4.78 is 12.1. The lowest BCUT2D eigenvalue weighted by Gasteiger charge is -2.39. The molecule has 0 aromatic rings. The number of halogens is 1. The highest BCUT2D eigenvalue weighted by Crippen LogP contribution is 2.34. The van der Waals surface area contributed by atoms with Crippen LogP contribution >= 0.6 is 24.0 Å². The van der Waals surface area contributed by atoms with E-state index in [1.54, 1.807) is 11.8 Å². The molecular formula is C9H17FN2S2. The van der Waals surface area contributed by atoms with Crippen molar-refractivity contribution in [1.82, 2.24) is 4.90 Å². The average molecular weight is 236 g/mol. The van der Waals surface area contributed by atoms with Crippen LogP contribution in [0.2, 0.25) is 0 Å². The van der Waals surface area contributed by atoms with Gasteiger partial charge in [-0.05, 0) is 32.2 Å². The minimum Gasteiger partial charge on any atom is -0.392 e. The first-order valence-electron chi connectivity index (χ1n) is 4.78. The molecule has 0 unspecified atom stereocenters. The summed E-state index contributed by atoms with van der Waals surface area (Å²) in [6, 6.07) is 0. The summed E-state index contributed by atoms with van der Waals surface area (Å²) in [6.07, 6.45) is 3.94. The predicted octanol–water partition coefficient (Wildman–Crippen LogP) is 1.44. The highest BCUT2D eigenvalue weighted by atomic mass is 32.2. The van der Waals surface area contributed by atoms with Gasteiger partial charge in [0.1, 0.15) is 6.67 Å². The number of thiocarbonyl (C=S) groups is 1. The van der Waals surface area contributed by atoms with Crippen molar-refractivity contribution in [3.05, 3.63) is 0 Å². The van der Waals surface area contributed by atoms with Gasteiger partial charge in [0.25, 0.3) is 0 Å². The van der Waals surface area contributed by atoms with Gasteiger partial charge in [0.15, 0.2) is 0 Å². The van der Waals surface area contributed by atoms with Crippen molar-refractivity contribution in [3.63, 3.8) is 0 Å². The Hall–Kier alpha value is 0.130. The van der Waals surface area contributed by atoms with E-state index in [4.69, 9.17) is 18.0 Å². The summed E-state index contributed by atoms with van der Waals surface area (Å²) in [5.74, 6) is 0. The number of hydrogen-bond acceptors (Lipinski definition) is 3. The number of nitrogens with two attached hydrogens (primary N) is 1. The van der Waals surface area contributed by atoms with Gasteiger partial charge in [0.05, 0.1) is 9.74 Å². The summed E-state index contributed by atoms with van der Waals surface area (Å²) in [5.41, 5.74) is 5.75. The highest BCUT2D eigenvalue weighted by Gasteiger charge is 2.36. The normalized spacial score (nSPS) is 22.1. The summed E-state index contributed by atoms with van der Waals surface area (Å²) in [7, 11) is 0. The third-order valence-electron chi connectivity index (χ3n) is 2.90. The lowest BCUT2D eigenvalue weighted by Crippen LogP contribution is -2.49. The maximum atomic E-state index is 12.1. The molecule has 1 rings (SSSR count). The van der Waals surface area contributed by atoms with E-state index in [1.165, 1.54) is 0 Å². The molecule has 0 aromatic carbocycles. The SMILES string of the molecule is CSC1(C(N)=S)CCN(CCF)CC1. The molecule has 0 amide bonds. The fraction of sp³-hybridized carbons (Fsp3) is 0.889. The van der Waals surface area contributed by atoms with E-state index in [2.05, 4.69) is 4.90 Å². The van der Waals surface area contributed by atoms with Gasteiger partial charge in [-0.25, -0.2) is 4.39 Å². The Morgan fingerprint density at radius 2 is 2.14 bits per heavy atom. The molecule has 0 atom stereocenters. The van der Waals surface area contributed by atoms with Crippen LogP contribution in [0.5, 0.6) is 0 Å². The molecule has 1 saturated heterocycles. The molecule has 1 aliphatic rings. The van der Waals surface area contributed by atoms with Gasteiger partial charge in [0.2, 0.25) is 0 Å². The standard InChI is InChI=1S/C9H17FN2S2/c1-14-9(8(11)13)2-5-12(6-3-9)7-4-10/h2-7H2,1H3,(H2,11,13). The zero-order valence-electron chi connectivity index (χ0n) is 8.46. The third kappa shape index (κ3) is 2.58. The number of piperidine rings is 1. The minimum atomic E-state index is -0.265. The molecule has 2 N–H and O–H groups in total. The largest absolute Gasteiger partial charge is 0.392 e. The topological polar surface area (TPSA) is 29.3 Å². The van der Waals surface area contributed by atoms with Crippen molar-refractivity contribution in [2.24, 2.45) is 5.73 Å². The summed E-state index contributed by atoms with van der Waals surface area (Å²) in [4.78, 5) is 2.73. The number of nitrogens with zero attached hydrogens (tertiary/aromatic N) is 1. The molecule has 1 heterocycles. The fourth-order valence-corrected chi connectivity index (χ4v) is 3.05. The van der Waals surface area contributed by atoms with Crippen molar-refractivity contribution in [1.29, 1.82) is 0 Å². The minimum absolute atomic E-state index is 0.0395. The van der Waals surface area contributed by atoms with Gasteiger partial charge >= 0.3 is 0 Å². The molecule has 82 valence electrons. The molecule has 5 heteroatoms. The Balaban J connectivity index is 2.50. The van der Waals surface area contributed by atoms with Crippen molar-refractivity contribution in [2.75, 3.05) is 32.6 Å². The molecule has 0 saturated carbocycles. The molecule has 0 aliphatic carbocycles. The second-order valence-electron chi connectivity index (χ2n) is 3.59. The van der Waals surface area contributed by atoms with Gasteiger partial charge < -0.3 is 10.6 Å². The zero-order valence-corrected chi connectivity index (χ0v) is 10.1. The van der Waals surface area contributed by atoms with Crippen molar-refractivity contribution >= 4 is 29.0 Å². The zero-order chi connectivity index (χ0) is 10.6. The molecule has 1 fully saturated rings. The van der Waals surface area contributed by atoms with Crippen molar-refractivity contribution in [2.45, 2.75) is 17.6 Å². The molecule has 1 aliphatic heterocycles. The van der Waals surface area contributed by atoms with Crippen LogP contribution in [0.3, 0.4) is 0 Å².